The molecule has 0 aliphatic carbocycles. The molecule has 0 aromatic rings. The normalized spacial score (nSPS) is 21.4. The number of rotatable bonds is 38. The van der Waals surface area contributed by atoms with Gasteiger partial charge < -0.3 is 40.3 Å². The van der Waals surface area contributed by atoms with Gasteiger partial charge in [-0.2, -0.15) is 0 Å². The lowest BCUT2D eigenvalue weighted by atomic mass is 9.99. The fraction of sp³-hybridized carbons (Fsp3) is 0.776. The average Bonchev–Trinajstić information content (AvgIpc) is 3.22. The maximum Gasteiger partial charge on any atom is 0.224 e. The molecule has 58 heavy (non-hydrogen) atoms. The van der Waals surface area contributed by atoms with Gasteiger partial charge in [-0.25, -0.2) is 0 Å². The van der Waals surface area contributed by atoms with Gasteiger partial charge in [0, 0.05) is 6.42 Å². The first kappa shape index (κ1) is 53.9. The molecule has 0 aromatic carbocycles. The van der Waals surface area contributed by atoms with Gasteiger partial charge in [-0.3, -0.25) is 4.79 Å². The summed E-state index contributed by atoms with van der Waals surface area (Å²) in [5.74, 6) is -0.272. The summed E-state index contributed by atoms with van der Waals surface area (Å²) in [6, 6.07) is -0.775. The molecule has 6 N–H and O–H groups in total. The second-order valence-electron chi connectivity index (χ2n) is 16.2. The van der Waals surface area contributed by atoms with Crippen LogP contribution in [0.5, 0.6) is 0 Å². The molecule has 1 amide bonds. The number of aliphatic hydroxyl groups is 5. The van der Waals surface area contributed by atoms with Crippen LogP contribution in [0, 0.1) is 0 Å². The first-order valence-corrected chi connectivity index (χ1v) is 23.5. The summed E-state index contributed by atoms with van der Waals surface area (Å²) in [6.07, 6.45) is 44.0. The van der Waals surface area contributed by atoms with Gasteiger partial charge in [-0.05, 0) is 38.5 Å². The van der Waals surface area contributed by atoms with Crippen molar-refractivity contribution >= 4 is 5.91 Å². The van der Waals surface area contributed by atoms with Gasteiger partial charge in [0.05, 0.1) is 25.4 Å². The summed E-state index contributed by atoms with van der Waals surface area (Å²) in [6.45, 7) is 3.66. The monoisotopic (exact) mass is 818 g/mol. The molecule has 7 atom stereocenters. The number of carbonyl (C=O) groups excluding carboxylic acids is 1. The molecule has 0 spiro atoms. The molecule has 1 saturated heterocycles. The van der Waals surface area contributed by atoms with Crippen LogP contribution in [-0.4, -0.2) is 87.5 Å². The van der Waals surface area contributed by atoms with Crippen LogP contribution >= 0.6 is 0 Å². The van der Waals surface area contributed by atoms with E-state index in [-0.39, 0.29) is 18.9 Å². The van der Waals surface area contributed by atoms with Gasteiger partial charge in [-0.1, -0.05) is 203 Å². The molecule has 1 fully saturated rings. The highest BCUT2D eigenvalue weighted by molar-refractivity contribution is 5.77. The molecule has 336 valence electrons. The van der Waals surface area contributed by atoms with E-state index in [9.17, 15) is 30.3 Å². The van der Waals surface area contributed by atoms with Crippen molar-refractivity contribution in [2.45, 2.75) is 230 Å². The third-order valence-corrected chi connectivity index (χ3v) is 10.9. The number of hydrogen-bond acceptors (Lipinski definition) is 8. The Morgan fingerprint density at radius 3 is 1.43 bits per heavy atom. The summed E-state index contributed by atoms with van der Waals surface area (Å²) in [5.41, 5.74) is 0. The lowest BCUT2D eigenvalue weighted by molar-refractivity contribution is -0.302. The summed E-state index contributed by atoms with van der Waals surface area (Å²) in [7, 11) is 0. The van der Waals surface area contributed by atoms with Gasteiger partial charge in [0.1, 0.15) is 24.4 Å². The zero-order chi connectivity index (χ0) is 42.3. The van der Waals surface area contributed by atoms with Gasteiger partial charge >= 0.3 is 0 Å². The van der Waals surface area contributed by atoms with Crippen molar-refractivity contribution in [3.05, 3.63) is 60.8 Å². The Kier molecular flexibility index (Phi) is 36.3. The highest BCUT2D eigenvalue weighted by atomic mass is 16.7. The largest absolute Gasteiger partial charge is 0.394 e. The summed E-state index contributed by atoms with van der Waals surface area (Å²) < 4.78 is 11.2. The predicted octanol–water partition coefficient (Wildman–Crippen LogP) is 10.0. The Balaban J connectivity index is 2.36. The van der Waals surface area contributed by atoms with Crippen LogP contribution in [0.2, 0.25) is 0 Å². The minimum atomic E-state index is -1.57. The van der Waals surface area contributed by atoms with Crippen molar-refractivity contribution < 1.29 is 39.8 Å². The molecule has 1 aliphatic rings. The number of amides is 1. The van der Waals surface area contributed by atoms with Crippen LogP contribution < -0.4 is 5.32 Å². The van der Waals surface area contributed by atoms with Crippen LogP contribution in [0.1, 0.15) is 187 Å². The maximum absolute atomic E-state index is 12.9. The van der Waals surface area contributed by atoms with E-state index in [0.717, 1.165) is 44.9 Å². The van der Waals surface area contributed by atoms with E-state index < -0.39 is 49.5 Å². The third kappa shape index (κ3) is 29.2. The number of unbranched alkanes of at least 4 members (excludes halogenated alkanes) is 19. The van der Waals surface area contributed by atoms with Crippen molar-refractivity contribution in [2.75, 3.05) is 13.2 Å². The third-order valence-electron chi connectivity index (χ3n) is 10.9. The average molecular weight is 818 g/mol. The number of allylic oxidation sites excluding steroid dienone is 9. The fourth-order valence-corrected chi connectivity index (χ4v) is 7.17. The predicted molar refractivity (Wildman–Crippen MR) is 239 cm³/mol. The summed E-state index contributed by atoms with van der Waals surface area (Å²) in [4.78, 5) is 12.9. The Bertz CT molecular complexity index is 1090. The van der Waals surface area contributed by atoms with Crippen LogP contribution in [0.15, 0.2) is 60.8 Å². The lowest BCUT2D eigenvalue weighted by Crippen LogP contribution is -2.60. The van der Waals surface area contributed by atoms with Crippen molar-refractivity contribution in [2.24, 2.45) is 0 Å². The van der Waals surface area contributed by atoms with Crippen molar-refractivity contribution in [3.63, 3.8) is 0 Å². The van der Waals surface area contributed by atoms with Gasteiger partial charge in [0.2, 0.25) is 5.91 Å². The molecular formula is C49H87NO8. The van der Waals surface area contributed by atoms with E-state index in [1.54, 1.807) is 6.08 Å². The van der Waals surface area contributed by atoms with Gasteiger partial charge in [0.25, 0.3) is 0 Å². The van der Waals surface area contributed by atoms with E-state index in [1.165, 1.54) is 109 Å². The molecule has 0 bridgehead atoms. The first-order valence-electron chi connectivity index (χ1n) is 23.5. The standard InChI is InChI=1S/C49H87NO8/c1-3-5-7-9-11-13-15-17-19-20-21-22-23-25-26-28-30-32-34-36-38-43(52)42(41-57-49-48(56)47(55)46(54)44(40-51)58-49)50-45(53)39-37-35-33-31-29-27-24-18-16-14-12-10-8-6-4-2/h6,8,12,14,18,24,29,31,35,37,42-44,46-49,51-52,54-56H,3-5,7,9-11,13,15-17,19-23,25-28,30,32-34,36,38-41H2,1-2H3,(H,50,53)/b8-6-,14-12-,24-18-,31-29-,37-35-. The van der Waals surface area contributed by atoms with E-state index >= 15 is 0 Å². The Hall–Kier alpha value is -2.11. The minimum absolute atomic E-state index is 0.135. The molecule has 9 heteroatoms. The molecule has 0 aromatic heterocycles. The second-order valence-corrected chi connectivity index (χ2v) is 16.2. The van der Waals surface area contributed by atoms with Crippen LogP contribution in [0.4, 0.5) is 0 Å². The molecule has 0 saturated carbocycles. The molecule has 1 rings (SSSR count). The minimum Gasteiger partial charge on any atom is -0.394 e. The summed E-state index contributed by atoms with van der Waals surface area (Å²) >= 11 is 0. The number of hydrogen-bond donors (Lipinski definition) is 6. The highest BCUT2D eigenvalue weighted by Crippen LogP contribution is 2.23. The molecule has 1 aliphatic heterocycles. The number of ether oxygens (including phenoxy) is 2. The van der Waals surface area contributed by atoms with E-state index in [0.29, 0.717) is 12.8 Å². The topological polar surface area (TPSA) is 149 Å². The number of nitrogens with one attached hydrogen (secondary N) is 1. The van der Waals surface area contributed by atoms with Gasteiger partial charge in [0.15, 0.2) is 6.29 Å². The van der Waals surface area contributed by atoms with E-state index in [4.69, 9.17) is 9.47 Å². The van der Waals surface area contributed by atoms with Crippen LogP contribution in [-0.2, 0) is 14.3 Å². The number of aliphatic hydroxyl groups excluding tert-OH is 5. The Labute approximate surface area is 354 Å². The SMILES string of the molecule is CC/C=C\C/C=C\C/C=C\C/C=C\C/C=C\CC(=O)NC(COC1OC(CO)C(O)C(O)C1O)C(O)CCCCCCCCCCCCCCCCCCCCCC. The maximum atomic E-state index is 12.9. The zero-order valence-corrected chi connectivity index (χ0v) is 36.8. The molecule has 0 radical (unpaired) electrons. The van der Waals surface area contributed by atoms with Crippen LogP contribution in [0.3, 0.4) is 0 Å². The highest BCUT2D eigenvalue weighted by Gasteiger charge is 2.44. The Morgan fingerprint density at radius 2 is 1.00 bits per heavy atom. The smallest absolute Gasteiger partial charge is 0.224 e. The lowest BCUT2D eigenvalue weighted by Gasteiger charge is -2.40. The summed E-state index contributed by atoms with van der Waals surface area (Å²) in [5, 5.41) is 54.3. The molecule has 1 heterocycles. The zero-order valence-electron chi connectivity index (χ0n) is 36.8. The van der Waals surface area contributed by atoms with E-state index in [1.807, 2.05) is 6.08 Å². The first-order chi connectivity index (χ1) is 28.3. The van der Waals surface area contributed by atoms with Crippen molar-refractivity contribution in [1.82, 2.24) is 5.32 Å². The Morgan fingerprint density at radius 1 is 0.586 bits per heavy atom. The van der Waals surface area contributed by atoms with E-state index in [2.05, 4.69) is 67.8 Å². The van der Waals surface area contributed by atoms with Gasteiger partial charge in [-0.15, -0.1) is 0 Å². The number of carbonyl (C=O) groups is 1. The van der Waals surface area contributed by atoms with Crippen LogP contribution in [0.25, 0.3) is 0 Å². The van der Waals surface area contributed by atoms with Crippen molar-refractivity contribution in [3.8, 4) is 0 Å². The second kappa shape index (κ2) is 39.1. The fourth-order valence-electron chi connectivity index (χ4n) is 7.17. The quantitative estimate of drug-likeness (QED) is 0.0267. The van der Waals surface area contributed by atoms with Crippen molar-refractivity contribution in [1.29, 1.82) is 0 Å². The molecular weight excluding hydrogens is 731 g/mol. The molecule has 7 unspecified atom stereocenters. The molecule has 9 nitrogen and oxygen atoms in total.